The van der Waals surface area contributed by atoms with Crippen LogP contribution in [-0.4, -0.2) is 37.1 Å². The van der Waals surface area contributed by atoms with E-state index in [-0.39, 0.29) is 5.69 Å². The van der Waals surface area contributed by atoms with Crippen LogP contribution in [0.5, 0.6) is 0 Å². The molecule has 0 fully saturated rings. The Morgan fingerprint density at radius 3 is 2.44 bits per heavy atom. The number of carboxylic acids is 1. The Hall–Kier alpha value is -2.02. The summed E-state index contributed by atoms with van der Waals surface area (Å²) < 4.78 is 26.1. The van der Waals surface area contributed by atoms with Crippen molar-refractivity contribution < 1.29 is 23.5 Å². The molecular formula is C11H12F2N2O3. The van der Waals surface area contributed by atoms with Crippen molar-refractivity contribution in [2.45, 2.75) is 6.04 Å². The van der Waals surface area contributed by atoms with Gasteiger partial charge in [-0.25, -0.2) is 13.6 Å². The summed E-state index contributed by atoms with van der Waals surface area (Å²) in [6.45, 7) is 0. The maximum Gasteiger partial charge on any atom is 0.330 e. The number of carbonyl (C=O) groups excluding carboxylic acids is 1. The predicted molar refractivity (Wildman–Crippen MR) is 60.3 cm³/mol. The highest BCUT2D eigenvalue weighted by molar-refractivity contribution is 6.08. The van der Waals surface area contributed by atoms with Crippen LogP contribution in [-0.2, 0) is 9.59 Å². The highest BCUT2D eigenvalue weighted by Crippen LogP contribution is 2.19. The fourth-order valence-electron chi connectivity index (χ4n) is 1.42. The van der Waals surface area contributed by atoms with Crippen LogP contribution in [0.1, 0.15) is 0 Å². The Labute approximate surface area is 102 Å². The van der Waals surface area contributed by atoms with Crippen LogP contribution in [0.4, 0.5) is 14.5 Å². The maximum atomic E-state index is 13.4. The average Bonchev–Trinajstić information content (AvgIpc) is 2.28. The zero-order valence-corrected chi connectivity index (χ0v) is 9.78. The fourth-order valence-corrected chi connectivity index (χ4v) is 1.42. The molecule has 0 heterocycles. The standard InChI is InChI=1S/C11H12F2N2O3/c1-14-9(11(17)18)10(16)15(2)8-4-3-6(12)5-7(8)13/h3-5,9,14H,1-2H3,(H,17,18). The molecule has 18 heavy (non-hydrogen) atoms. The monoisotopic (exact) mass is 258 g/mol. The van der Waals surface area contributed by atoms with Gasteiger partial charge in [0.2, 0.25) is 0 Å². The Morgan fingerprint density at radius 2 is 2.00 bits per heavy atom. The molecule has 0 saturated heterocycles. The molecule has 1 aromatic rings. The molecule has 0 bridgehead atoms. The number of anilines is 1. The van der Waals surface area contributed by atoms with Gasteiger partial charge in [-0.05, 0) is 19.2 Å². The number of likely N-dealkylation sites (N-methyl/N-ethyl adjacent to an activating group) is 2. The normalized spacial score (nSPS) is 12.0. The summed E-state index contributed by atoms with van der Waals surface area (Å²) in [5.74, 6) is -3.95. The van der Waals surface area contributed by atoms with Crippen molar-refractivity contribution in [3.05, 3.63) is 29.8 Å². The SMILES string of the molecule is CNC(C(=O)O)C(=O)N(C)c1ccc(F)cc1F. The molecule has 0 spiro atoms. The van der Waals surface area contributed by atoms with Crippen LogP contribution in [0.2, 0.25) is 0 Å². The number of hydrogen-bond acceptors (Lipinski definition) is 3. The molecule has 0 aliphatic heterocycles. The van der Waals surface area contributed by atoms with Gasteiger partial charge in [-0.15, -0.1) is 0 Å². The molecule has 0 aromatic heterocycles. The number of hydrogen-bond donors (Lipinski definition) is 2. The van der Waals surface area contributed by atoms with E-state index in [4.69, 9.17) is 5.11 Å². The van der Waals surface area contributed by atoms with E-state index >= 15 is 0 Å². The van der Waals surface area contributed by atoms with Crippen LogP contribution < -0.4 is 10.2 Å². The number of aliphatic carboxylic acids is 1. The van der Waals surface area contributed by atoms with Gasteiger partial charge in [0.25, 0.3) is 5.91 Å². The summed E-state index contributed by atoms with van der Waals surface area (Å²) >= 11 is 0. The summed E-state index contributed by atoms with van der Waals surface area (Å²) in [5.41, 5.74) is -0.192. The molecule has 2 N–H and O–H groups in total. The molecule has 1 aromatic carbocycles. The third-order valence-electron chi connectivity index (χ3n) is 2.38. The van der Waals surface area contributed by atoms with E-state index in [9.17, 15) is 18.4 Å². The molecule has 0 aliphatic rings. The Balaban J connectivity index is 3.02. The first-order valence-corrected chi connectivity index (χ1v) is 5.01. The summed E-state index contributed by atoms with van der Waals surface area (Å²) in [6.07, 6.45) is 0. The van der Waals surface area contributed by atoms with Crippen molar-refractivity contribution >= 4 is 17.6 Å². The summed E-state index contributed by atoms with van der Waals surface area (Å²) in [5, 5.41) is 11.1. The van der Waals surface area contributed by atoms with Crippen molar-refractivity contribution in [1.82, 2.24) is 5.32 Å². The minimum atomic E-state index is -1.49. The van der Waals surface area contributed by atoms with E-state index in [0.29, 0.717) is 6.07 Å². The third-order valence-corrected chi connectivity index (χ3v) is 2.38. The molecule has 1 atom stereocenters. The van der Waals surface area contributed by atoms with Crippen LogP contribution in [0.15, 0.2) is 18.2 Å². The van der Waals surface area contributed by atoms with Crippen LogP contribution >= 0.6 is 0 Å². The number of nitrogens with one attached hydrogen (secondary N) is 1. The molecule has 7 heteroatoms. The van der Waals surface area contributed by atoms with E-state index in [2.05, 4.69) is 5.32 Å². The van der Waals surface area contributed by atoms with E-state index in [0.717, 1.165) is 17.0 Å². The lowest BCUT2D eigenvalue weighted by molar-refractivity contribution is -0.143. The minimum Gasteiger partial charge on any atom is -0.480 e. The molecule has 5 nitrogen and oxygen atoms in total. The van der Waals surface area contributed by atoms with Gasteiger partial charge in [0.15, 0.2) is 6.04 Å². The van der Waals surface area contributed by atoms with Crippen molar-refractivity contribution in [2.75, 3.05) is 19.0 Å². The molecule has 98 valence electrons. The number of carbonyl (C=O) groups is 2. The van der Waals surface area contributed by atoms with Crippen molar-refractivity contribution in [3.8, 4) is 0 Å². The van der Waals surface area contributed by atoms with Gasteiger partial charge in [-0.2, -0.15) is 0 Å². The van der Waals surface area contributed by atoms with E-state index in [1.54, 1.807) is 0 Å². The minimum absolute atomic E-state index is 0.192. The second-order valence-corrected chi connectivity index (χ2v) is 3.55. The number of amides is 1. The van der Waals surface area contributed by atoms with Crippen LogP contribution in [0.3, 0.4) is 0 Å². The summed E-state index contributed by atoms with van der Waals surface area (Å²) in [7, 11) is 2.51. The Kier molecular flexibility index (Phi) is 4.33. The van der Waals surface area contributed by atoms with Gasteiger partial charge in [0, 0.05) is 13.1 Å². The Morgan fingerprint density at radius 1 is 1.39 bits per heavy atom. The fraction of sp³-hybridized carbons (Fsp3) is 0.273. The summed E-state index contributed by atoms with van der Waals surface area (Å²) in [6, 6.07) is 1.18. The lowest BCUT2D eigenvalue weighted by Crippen LogP contribution is -2.48. The highest BCUT2D eigenvalue weighted by Gasteiger charge is 2.29. The summed E-state index contributed by atoms with van der Waals surface area (Å²) in [4.78, 5) is 23.4. The molecule has 1 unspecified atom stereocenters. The zero-order chi connectivity index (χ0) is 13.9. The second-order valence-electron chi connectivity index (χ2n) is 3.55. The quantitative estimate of drug-likeness (QED) is 0.776. The first kappa shape index (κ1) is 14.0. The van der Waals surface area contributed by atoms with Gasteiger partial charge in [-0.3, -0.25) is 10.1 Å². The van der Waals surface area contributed by atoms with Gasteiger partial charge >= 0.3 is 5.97 Å². The lowest BCUT2D eigenvalue weighted by Gasteiger charge is -2.21. The Bertz CT molecular complexity index is 479. The van der Waals surface area contributed by atoms with Gasteiger partial charge in [0.1, 0.15) is 11.6 Å². The van der Waals surface area contributed by atoms with E-state index in [1.807, 2.05) is 0 Å². The number of rotatable bonds is 4. The molecule has 0 aliphatic carbocycles. The van der Waals surface area contributed by atoms with Crippen molar-refractivity contribution in [1.29, 1.82) is 0 Å². The maximum absolute atomic E-state index is 13.4. The van der Waals surface area contributed by atoms with Gasteiger partial charge in [0.05, 0.1) is 5.69 Å². The first-order valence-electron chi connectivity index (χ1n) is 5.01. The first-order chi connectivity index (χ1) is 8.38. The van der Waals surface area contributed by atoms with Gasteiger partial charge in [-0.1, -0.05) is 0 Å². The third kappa shape index (κ3) is 2.80. The van der Waals surface area contributed by atoms with E-state index < -0.39 is 29.6 Å². The van der Waals surface area contributed by atoms with E-state index in [1.165, 1.54) is 14.1 Å². The average molecular weight is 258 g/mol. The molecule has 0 radical (unpaired) electrons. The number of nitrogens with zero attached hydrogens (tertiary/aromatic N) is 1. The second kappa shape index (κ2) is 5.54. The molecule has 0 saturated carbocycles. The molecule has 1 amide bonds. The highest BCUT2D eigenvalue weighted by atomic mass is 19.1. The number of halogens is 2. The predicted octanol–water partition coefficient (Wildman–Crippen LogP) is 0.600. The lowest BCUT2D eigenvalue weighted by atomic mass is 10.2. The molecule has 1 rings (SSSR count). The van der Waals surface area contributed by atoms with Crippen molar-refractivity contribution in [2.24, 2.45) is 0 Å². The number of benzene rings is 1. The van der Waals surface area contributed by atoms with Crippen LogP contribution in [0, 0.1) is 11.6 Å². The van der Waals surface area contributed by atoms with Gasteiger partial charge < -0.3 is 10.0 Å². The topological polar surface area (TPSA) is 69.6 Å². The number of carboxylic acid groups (broad SMARTS) is 1. The molecular weight excluding hydrogens is 246 g/mol. The smallest absolute Gasteiger partial charge is 0.330 e. The van der Waals surface area contributed by atoms with Crippen LogP contribution in [0.25, 0.3) is 0 Å². The largest absolute Gasteiger partial charge is 0.480 e. The van der Waals surface area contributed by atoms with Crippen molar-refractivity contribution in [3.63, 3.8) is 0 Å². The zero-order valence-electron chi connectivity index (χ0n) is 9.78.